The third kappa shape index (κ3) is 0.690. The summed E-state index contributed by atoms with van der Waals surface area (Å²) < 4.78 is 4.61. The summed E-state index contributed by atoms with van der Waals surface area (Å²) in [5.74, 6) is -0.0694. The summed E-state index contributed by atoms with van der Waals surface area (Å²) >= 11 is 0. The third-order valence-corrected chi connectivity index (χ3v) is 1.37. The molecular formula is C5H9NO2. The van der Waals surface area contributed by atoms with Crippen LogP contribution in [0.15, 0.2) is 0 Å². The standard InChI is InChI=1S/C5H9NO2/c1-3-2-8-5(7)4(3)6/h3-4H,2,6H2,1H3/t3-,4+/m0/s1. The van der Waals surface area contributed by atoms with Gasteiger partial charge in [0, 0.05) is 5.92 Å². The van der Waals surface area contributed by atoms with E-state index in [1.807, 2.05) is 6.92 Å². The Hall–Kier alpha value is -0.570. The smallest absolute Gasteiger partial charge is 0.323 e. The van der Waals surface area contributed by atoms with E-state index in [4.69, 9.17) is 5.73 Å². The van der Waals surface area contributed by atoms with E-state index in [1.165, 1.54) is 0 Å². The van der Waals surface area contributed by atoms with Crippen LogP contribution in [0.3, 0.4) is 0 Å². The summed E-state index contributed by atoms with van der Waals surface area (Å²) in [6, 6.07) is -0.380. The SMILES string of the molecule is C[C@H]1COC(=O)[C@@H]1N. The molecule has 2 N–H and O–H groups in total. The van der Waals surface area contributed by atoms with Gasteiger partial charge in [0.05, 0.1) is 6.61 Å². The Labute approximate surface area is 47.8 Å². The normalized spacial score (nSPS) is 37.5. The quantitative estimate of drug-likeness (QED) is 0.433. The number of cyclic esters (lactones) is 1. The van der Waals surface area contributed by atoms with Crippen molar-refractivity contribution in [3.05, 3.63) is 0 Å². The highest BCUT2D eigenvalue weighted by molar-refractivity contribution is 5.77. The number of hydrogen-bond acceptors (Lipinski definition) is 3. The number of carbonyl (C=O) groups excluding carboxylic acids is 1. The molecule has 1 heterocycles. The lowest BCUT2D eigenvalue weighted by molar-refractivity contribution is -0.139. The van der Waals surface area contributed by atoms with Gasteiger partial charge in [-0.1, -0.05) is 6.92 Å². The second kappa shape index (κ2) is 1.74. The lowest BCUT2D eigenvalue weighted by Gasteiger charge is -1.98. The zero-order valence-electron chi connectivity index (χ0n) is 4.76. The summed E-state index contributed by atoms with van der Waals surface area (Å²) in [6.07, 6.45) is 0. The first-order valence-corrected chi connectivity index (χ1v) is 2.64. The Morgan fingerprint density at radius 1 is 1.88 bits per heavy atom. The molecule has 0 amide bonds. The van der Waals surface area contributed by atoms with E-state index >= 15 is 0 Å². The molecular weight excluding hydrogens is 106 g/mol. The molecule has 0 aliphatic carbocycles. The van der Waals surface area contributed by atoms with Crippen LogP contribution >= 0.6 is 0 Å². The molecule has 0 aromatic heterocycles. The van der Waals surface area contributed by atoms with Gasteiger partial charge in [-0.15, -0.1) is 0 Å². The van der Waals surface area contributed by atoms with Crippen LogP contribution in [-0.4, -0.2) is 18.6 Å². The van der Waals surface area contributed by atoms with Crippen molar-refractivity contribution in [2.45, 2.75) is 13.0 Å². The molecule has 0 aromatic rings. The molecule has 1 aliphatic rings. The van der Waals surface area contributed by atoms with Crippen LogP contribution in [0, 0.1) is 5.92 Å². The molecule has 1 aliphatic heterocycles. The Kier molecular flexibility index (Phi) is 1.21. The number of nitrogens with two attached hydrogens (primary N) is 1. The van der Waals surface area contributed by atoms with Gasteiger partial charge in [0.25, 0.3) is 0 Å². The van der Waals surface area contributed by atoms with E-state index in [0.29, 0.717) is 6.61 Å². The number of ether oxygens (including phenoxy) is 1. The van der Waals surface area contributed by atoms with Gasteiger partial charge >= 0.3 is 5.97 Å². The molecule has 2 atom stereocenters. The minimum Gasteiger partial charge on any atom is -0.464 e. The number of rotatable bonds is 0. The Morgan fingerprint density at radius 2 is 2.50 bits per heavy atom. The average Bonchev–Trinajstić information content (AvgIpc) is 1.98. The van der Waals surface area contributed by atoms with Crippen LogP contribution in [0.4, 0.5) is 0 Å². The monoisotopic (exact) mass is 115 g/mol. The summed E-state index contributed by atoms with van der Waals surface area (Å²) in [5.41, 5.74) is 5.35. The van der Waals surface area contributed by atoms with Gasteiger partial charge in [0.15, 0.2) is 0 Å². The molecule has 0 radical (unpaired) electrons. The van der Waals surface area contributed by atoms with Crippen LogP contribution in [0.25, 0.3) is 0 Å². The lowest BCUT2D eigenvalue weighted by Crippen LogP contribution is -2.30. The van der Waals surface area contributed by atoms with Crippen LogP contribution in [0.2, 0.25) is 0 Å². The van der Waals surface area contributed by atoms with Crippen molar-refractivity contribution in [2.24, 2.45) is 11.7 Å². The van der Waals surface area contributed by atoms with Gasteiger partial charge in [0.2, 0.25) is 0 Å². The molecule has 1 rings (SSSR count). The minimum atomic E-state index is -0.380. The van der Waals surface area contributed by atoms with Gasteiger partial charge in [0.1, 0.15) is 6.04 Å². The van der Waals surface area contributed by atoms with E-state index in [-0.39, 0.29) is 17.9 Å². The van der Waals surface area contributed by atoms with E-state index in [0.717, 1.165) is 0 Å². The highest BCUT2D eigenvalue weighted by atomic mass is 16.5. The van der Waals surface area contributed by atoms with Crippen molar-refractivity contribution < 1.29 is 9.53 Å². The van der Waals surface area contributed by atoms with Gasteiger partial charge in [-0.05, 0) is 0 Å². The van der Waals surface area contributed by atoms with Crippen molar-refractivity contribution in [1.29, 1.82) is 0 Å². The molecule has 1 fully saturated rings. The van der Waals surface area contributed by atoms with E-state index in [2.05, 4.69) is 4.74 Å². The fraction of sp³-hybridized carbons (Fsp3) is 0.800. The van der Waals surface area contributed by atoms with Crippen LogP contribution in [0.1, 0.15) is 6.92 Å². The van der Waals surface area contributed by atoms with Crippen LogP contribution in [-0.2, 0) is 9.53 Å². The molecule has 0 spiro atoms. The zero-order chi connectivity index (χ0) is 6.15. The molecule has 0 unspecified atom stereocenters. The zero-order valence-corrected chi connectivity index (χ0v) is 4.76. The summed E-state index contributed by atoms with van der Waals surface area (Å²) in [6.45, 7) is 2.38. The van der Waals surface area contributed by atoms with Crippen molar-refractivity contribution in [3.8, 4) is 0 Å². The van der Waals surface area contributed by atoms with E-state index < -0.39 is 0 Å². The van der Waals surface area contributed by atoms with E-state index in [9.17, 15) is 4.79 Å². The molecule has 46 valence electrons. The first-order valence-electron chi connectivity index (χ1n) is 2.64. The number of carbonyl (C=O) groups is 1. The second-order valence-corrected chi connectivity index (χ2v) is 2.13. The molecule has 0 saturated carbocycles. The highest BCUT2D eigenvalue weighted by Crippen LogP contribution is 2.10. The fourth-order valence-corrected chi connectivity index (χ4v) is 0.646. The second-order valence-electron chi connectivity index (χ2n) is 2.13. The average molecular weight is 115 g/mol. The minimum absolute atomic E-state index is 0.197. The van der Waals surface area contributed by atoms with Gasteiger partial charge in [-0.25, -0.2) is 0 Å². The number of hydrogen-bond donors (Lipinski definition) is 1. The lowest BCUT2D eigenvalue weighted by atomic mass is 10.1. The Morgan fingerprint density at radius 3 is 2.62 bits per heavy atom. The van der Waals surface area contributed by atoms with Gasteiger partial charge in [-0.2, -0.15) is 0 Å². The Balaban J connectivity index is 2.56. The first-order chi connectivity index (χ1) is 3.72. The third-order valence-electron chi connectivity index (χ3n) is 1.37. The summed E-state index contributed by atoms with van der Waals surface area (Å²) in [5, 5.41) is 0. The van der Waals surface area contributed by atoms with Crippen molar-refractivity contribution in [1.82, 2.24) is 0 Å². The molecule has 8 heavy (non-hydrogen) atoms. The number of esters is 1. The summed E-state index contributed by atoms with van der Waals surface area (Å²) in [4.78, 5) is 10.4. The summed E-state index contributed by atoms with van der Waals surface area (Å²) in [7, 11) is 0. The van der Waals surface area contributed by atoms with E-state index in [1.54, 1.807) is 0 Å². The first kappa shape index (κ1) is 5.56. The van der Waals surface area contributed by atoms with Gasteiger partial charge in [-0.3, -0.25) is 4.79 Å². The maximum atomic E-state index is 10.4. The molecule has 3 heteroatoms. The maximum Gasteiger partial charge on any atom is 0.323 e. The Bertz CT molecular complexity index is 113. The maximum absolute atomic E-state index is 10.4. The highest BCUT2D eigenvalue weighted by Gasteiger charge is 2.29. The van der Waals surface area contributed by atoms with Crippen molar-refractivity contribution in [3.63, 3.8) is 0 Å². The largest absolute Gasteiger partial charge is 0.464 e. The fourth-order valence-electron chi connectivity index (χ4n) is 0.646. The molecule has 0 bridgehead atoms. The predicted molar refractivity (Wildman–Crippen MR) is 28.1 cm³/mol. The molecule has 3 nitrogen and oxygen atoms in total. The van der Waals surface area contributed by atoms with Crippen molar-refractivity contribution >= 4 is 5.97 Å². The van der Waals surface area contributed by atoms with Crippen LogP contribution in [0.5, 0.6) is 0 Å². The molecule has 0 aromatic carbocycles. The predicted octanol–water partition coefficient (Wildman–Crippen LogP) is -0.493. The molecule has 1 saturated heterocycles. The van der Waals surface area contributed by atoms with Crippen molar-refractivity contribution in [2.75, 3.05) is 6.61 Å². The van der Waals surface area contributed by atoms with Gasteiger partial charge < -0.3 is 10.5 Å². The van der Waals surface area contributed by atoms with Crippen LogP contribution < -0.4 is 5.73 Å². The topological polar surface area (TPSA) is 52.3 Å².